The van der Waals surface area contributed by atoms with Crippen LogP contribution in [0.15, 0.2) is 54.6 Å². The highest BCUT2D eigenvalue weighted by molar-refractivity contribution is 7.91. The molecule has 2 amide bonds. The summed E-state index contributed by atoms with van der Waals surface area (Å²) in [7, 11) is -5.61. The van der Waals surface area contributed by atoms with E-state index in [0.29, 0.717) is 0 Å². The maximum absolute atomic E-state index is 14.0. The number of urea groups is 1. The quantitative estimate of drug-likeness (QED) is 0.769. The Morgan fingerprint density at radius 1 is 1.00 bits per heavy atom. The molecule has 2 N–H and O–H groups in total. The lowest BCUT2D eigenvalue weighted by Crippen LogP contribution is -2.48. The van der Waals surface area contributed by atoms with Gasteiger partial charge in [-0.15, -0.1) is 0 Å². The number of rotatable bonds is 5. The van der Waals surface area contributed by atoms with Gasteiger partial charge in [-0.1, -0.05) is 48.0 Å². The molecular formula is C15H11ClF2N2O4S. The van der Waals surface area contributed by atoms with Gasteiger partial charge in [-0.05, 0) is 18.2 Å². The zero-order chi connectivity index (χ0) is 18.7. The number of hydrogen-bond donors (Lipinski definition) is 2. The van der Waals surface area contributed by atoms with Crippen molar-refractivity contribution in [3.05, 3.63) is 65.2 Å². The number of ketones is 1. The Hall–Kier alpha value is -2.52. The van der Waals surface area contributed by atoms with E-state index in [4.69, 9.17) is 11.6 Å². The summed E-state index contributed by atoms with van der Waals surface area (Å²) in [5.41, 5.74) is -0.425. The fourth-order valence-electron chi connectivity index (χ4n) is 1.79. The van der Waals surface area contributed by atoms with Gasteiger partial charge in [0.15, 0.2) is 0 Å². The Morgan fingerprint density at radius 3 is 2.24 bits per heavy atom. The first-order valence-corrected chi connectivity index (χ1v) is 8.56. The molecule has 132 valence electrons. The molecule has 25 heavy (non-hydrogen) atoms. The third-order valence-corrected chi connectivity index (χ3v) is 4.50. The van der Waals surface area contributed by atoms with Gasteiger partial charge in [0, 0.05) is 16.3 Å². The predicted molar refractivity (Wildman–Crippen MR) is 88.2 cm³/mol. The number of benzene rings is 2. The molecule has 0 aliphatic rings. The number of nitrogens with one attached hydrogen (secondary N) is 2. The van der Waals surface area contributed by atoms with Gasteiger partial charge in [-0.25, -0.2) is 9.52 Å². The van der Waals surface area contributed by atoms with Crippen molar-refractivity contribution < 1.29 is 26.8 Å². The Labute approximate surface area is 146 Å². The Morgan fingerprint density at radius 2 is 1.64 bits per heavy atom. The van der Waals surface area contributed by atoms with Crippen molar-refractivity contribution in [3.63, 3.8) is 0 Å². The molecule has 0 radical (unpaired) electrons. The molecule has 0 spiro atoms. The zero-order valence-electron chi connectivity index (χ0n) is 12.4. The van der Waals surface area contributed by atoms with Crippen molar-refractivity contribution in [1.29, 1.82) is 0 Å². The average molecular weight is 389 g/mol. The molecule has 0 saturated heterocycles. The smallest absolute Gasteiger partial charge is 0.307 e. The van der Waals surface area contributed by atoms with Crippen LogP contribution in [0.1, 0.15) is 10.4 Å². The van der Waals surface area contributed by atoms with Gasteiger partial charge in [0.05, 0.1) is 0 Å². The lowest BCUT2D eigenvalue weighted by molar-refractivity contribution is 0.0523. The molecule has 2 aromatic carbocycles. The number of carbonyl (C=O) groups is 2. The second-order valence-corrected chi connectivity index (χ2v) is 6.94. The largest absolute Gasteiger partial charge is 0.425 e. The van der Waals surface area contributed by atoms with Crippen LogP contribution >= 0.6 is 11.6 Å². The Kier molecular flexibility index (Phi) is 5.39. The normalized spacial score (nSPS) is 11.6. The van der Waals surface area contributed by atoms with Gasteiger partial charge in [-0.3, -0.25) is 4.79 Å². The fraction of sp³-hybridized carbons (Fsp3) is 0.0667. The standard InChI is InChI=1S/C15H11ClF2N2O4S/c16-11-7-4-8-12(9-11)19-14(22)20-25(23,24)15(17,18)13(21)10-5-2-1-3-6-10/h1-9H,(H2,19,20,22). The molecule has 0 bridgehead atoms. The number of sulfonamides is 1. The van der Waals surface area contributed by atoms with Crippen molar-refractivity contribution in [1.82, 2.24) is 4.72 Å². The van der Waals surface area contributed by atoms with Gasteiger partial charge in [-0.2, -0.15) is 17.2 Å². The van der Waals surface area contributed by atoms with Crippen molar-refractivity contribution >= 4 is 39.1 Å². The molecule has 10 heteroatoms. The van der Waals surface area contributed by atoms with Crippen molar-refractivity contribution in [2.45, 2.75) is 5.25 Å². The molecule has 0 aromatic heterocycles. The molecule has 0 saturated carbocycles. The molecule has 2 aromatic rings. The van der Waals surface area contributed by atoms with Crippen molar-refractivity contribution in [2.75, 3.05) is 5.32 Å². The van der Waals surface area contributed by atoms with E-state index in [-0.39, 0.29) is 10.7 Å². The summed E-state index contributed by atoms with van der Waals surface area (Å²) in [6.07, 6.45) is 0. The summed E-state index contributed by atoms with van der Waals surface area (Å²) in [5.74, 6) is -1.95. The molecule has 0 fully saturated rings. The van der Waals surface area contributed by atoms with Crippen LogP contribution in [0.2, 0.25) is 5.02 Å². The van der Waals surface area contributed by atoms with Crippen LogP contribution in [0.4, 0.5) is 19.3 Å². The number of anilines is 1. The molecule has 0 aliphatic heterocycles. The maximum Gasteiger partial charge on any atom is 0.425 e. The minimum absolute atomic E-state index is 0.0814. The summed E-state index contributed by atoms with van der Waals surface area (Å²) in [4.78, 5) is 23.4. The fourth-order valence-corrected chi connectivity index (χ4v) is 2.76. The van der Waals surface area contributed by atoms with Gasteiger partial charge in [0.1, 0.15) is 0 Å². The van der Waals surface area contributed by atoms with Gasteiger partial charge in [0.2, 0.25) is 5.78 Å². The van der Waals surface area contributed by atoms with E-state index in [1.54, 1.807) is 0 Å². The van der Waals surface area contributed by atoms with Crippen LogP contribution in [0, 0.1) is 0 Å². The molecule has 2 rings (SSSR count). The molecule has 0 atom stereocenters. The summed E-state index contributed by atoms with van der Waals surface area (Å²) < 4.78 is 52.7. The van der Waals surface area contributed by atoms with Gasteiger partial charge < -0.3 is 5.32 Å². The van der Waals surface area contributed by atoms with Crippen LogP contribution in [-0.2, 0) is 10.0 Å². The minimum Gasteiger partial charge on any atom is -0.307 e. The van der Waals surface area contributed by atoms with E-state index in [2.05, 4.69) is 0 Å². The van der Waals surface area contributed by atoms with E-state index in [1.165, 1.54) is 42.5 Å². The summed E-state index contributed by atoms with van der Waals surface area (Å²) in [6, 6.07) is 10.3. The maximum atomic E-state index is 14.0. The molecule has 6 nitrogen and oxygen atoms in total. The highest BCUT2D eigenvalue weighted by atomic mass is 35.5. The predicted octanol–water partition coefficient (Wildman–Crippen LogP) is 3.27. The average Bonchev–Trinajstić information content (AvgIpc) is 2.54. The third kappa shape index (κ3) is 4.31. The molecule has 0 aliphatic carbocycles. The highest BCUT2D eigenvalue weighted by Gasteiger charge is 2.53. The lowest BCUT2D eigenvalue weighted by atomic mass is 10.1. The van der Waals surface area contributed by atoms with Gasteiger partial charge >= 0.3 is 21.3 Å². The number of Topliss-reactive ketones (excluding diaryl/α,β-unsaturated/α-hetero) is 1. The summed E-state index contributed by atoms with van der Waals surface area (Å²) in [6.45, 7) is 0. The first kappa shape index (κ1) is 18.8. The van der Waals surface area contributed by atoms with E-state index in [1.807, 2.05) is 5.32 Å². The van der Waals surface area contributed by atoms with Gasteiger partial charge in [0.25, 0.3) is 0 Å². The number of alkyl halides is 2. The lowest BCUT2D eigenvalue weighted by Gasteiger charge is -2.16. The summed E-state index contributed by atoms with van der Waals surface area (Å²) >= 11 is 5.69. The number of hydrogen-bond acceptors (Lipinski definition) is 4. The van der Waals surface area contributed by atoms with Crippen LogP contribution in [0.5, 0.6) is 0 Å². The molecule has 0 unspecified atom stereocenters. The minimum atomic E-state index is -5.61. The number of amides is 2. The van der Waals surface area contributed by atoms with Crippen LogP contribution in [-0.4, -0.2) is 25.5 Å². The van der Waals surface area contributed by atoms with Crippen molar-refractivity contribution in [2.24, 2.45) is 0 Å². The Balaban J connectivity index is 2.16. The monoisotopic (exact) mass is 388 g/mol. The topological polar surface area (TPSA) is 92.3 Å². The summed E-state index contributed by atoms with van der Waals surface area (Å²) in [5, 5.41) is -2.56. The first-order chi connectivity index (χ1) is 11.6. The second-order valence-electron chi connectivity index (χ2n) is 4.78. The van der Waals surface area contributed by atoms with Crippen molar-refractivity contribution in [3.8, 4) is 0 Å². The SMILES string of the molecule is O=C(Nc1cccc(Cl)c1)NS(=O)(=O)C(F)(F)C(=O)c1ccccc1. The van der Waals surface area contributed by atoms with E-state index in [0.717, 1.165) is 16.9 Å². The molecule has 0 heterocycles. The second kappa shape index (κ2) is 7.16. The molecular weight excluding hydrogens is 378 g/mol. The van der Waals surface area contributed by atoms with Crippen LogP contribution in [0.3, 0.4) is 0 Å². The van der Waals surface area contributed by atoms with E-state index < -0.39 is 32.7 Å². The number of carbonyl (C=O) groups excluding carboxylic acids is 2. The number of halogens is 3. The van der Waals surface area contributed by atoms with Crippen LogP contribution in [0.25, 0.3) is 0 Å². The van der Waals surface area contributed by atoms with E-state index in [9.17, 15) is 26.8 Å². The van der Waals surface area contributed by atoms with E-state index >= 15 is 0 Å². The zero-order valence-corrected chi connectivity index (χ0v) is 13.9. The third-order valence-electron chi connectivity index (χ3n) is 2.95. The first-order valence-electron chi connectivity index (χ1n) is 6.70. The Bertz CT molecular complexity index is 905. The highest BCUT2D eigenvalue weighted by Crippen LogP contribution is 2.26. The van der Waals surface area contributed by atoms with Crippen LogP contribution < -0.4 is 10.0 Å².